The predicted octanol–water partition coefficient (Wildman–Crippen LogP) is 3.65. The summed E-state index contributed by atoms with van der Waals surface area (Å²) >= 11 is 1.30. The van der Waals surface area contributed by atoms with Crippen LogP contribution in [0.15, 0.2) is 5.03 Å². The molecule has 2 fully saturated rings. The van der Waals surface area contributed by atoms with Gasteiger partial charge in [0.25, 0.3) is 0 Å². The number of rotatable bonds is 3. The summed E-state index contributed by atoms with van der Waals surface area (Å²) in [5, 5.41) is 9.84. The fourth-order valence-electron chi connectivity index (χ4n) is 3.73. The molecule has 6 nitrogen and oxygen atoms in total. The van der Waals surface area contributed by atoms with Crippen LogP contribution in [0.25, 0.3) is 0 Å². The minimum absolute atomic E-state index is 0.173. The minimum Gasteiger partial charge on any atom is -0.381 e. The number of carbonyl (C=O) groups is 2. The standard InChI is InChI=1S/C15H18F3N3O3S/c16-15(17,18)13(23)24-12(22)10-11(20-21-19-10)25-9-3-7-14(8-4-9)5-1-2-6-14/h9H,1-8H2,(H,19,20,21). The van der Waals surface area contributed by atoms with E-state index in [1.807, 2.05) is 0 Å². The topological polar surface area (TPSA) is 84.9 Å². The average Bonchev–Trinajstić information content (AvgIpc) is 3.18. The van der Waals surface area contributed by atoms with Crippen molar-refractivity contribution in [3.63, 3.8) is 0 Å². The number of aromatic amines is 1. The molecule has 1 N–H and O–H groups in total. The maximum absolute atomic E-state index is 12.2. The second-order valence-corrected chi connectivity index (χ2v) is 7.98. The Morgan fingerprint density at radius 3 is 2.40 bits per heavy atom. The van der Waals surface area contributed by atoms with Crippen LogP contribution in [-0.2, 0) is 9.53 Å². The van der Waals surface area contributed by atoms with Gasteiger partial charge in [-0.1, -0.05) is 29.8 Å². The van der Waals surface area contributed by atoms with Crippen LogP contribution in [0.3, 0.4) is 0 Å². The number of ether oxygens (including phenoxy) is 1. The molecule has 0 unspecified atom stereocenters. The molecule has 25 heavy (non-hydrogen) atoms. The minimum atomic E-state index is -5.23. The SMILES string of the molecule is O=C(OC(=O)C(F)(F)F)c1[nH]nnc1SC1CCC2(CCCC2)CC1. The Labute approximate surface area is 146 Å². The fourth-order valence-corrected chi connectivity index (χ4v) is 4.85. The number of esters is 2. The highest BCUT2D eigenvalue weighted by Gasteiger charge is 2.43. The highest BCUT2D eigenvalue weighted by atomic mass is 32.2. The van der Waals surface area contributed by atoms with E-state index in [9.17, 15) is 22.8 Å². The van der Waals surface area contributed by atoms with Gasteiger partial charge in [-0.15, -0.1) is 5.10 Å². The van der Waals surface area contributed by atoms with Crippen molar-refractivity contribution in [1.82, 2.24) is 15.4 Å². The largest absolute Gasteiger partial charge is 0.491 e. The van der Waals surface area contributed by atoms with Crippen molar-refractivity contribution in [1.29, 1.82) is 0 Å². The van der Waals surface area contributed by atoms with Crippen LogP contribution in [0.2, 0.25) is 0 Å². The van der Waals surface area contributed by atoms with Crippen LogP contribution >= 0.6 is 11.8 Å². The maximum Gasteiger partial charge on any atom is 0.491 e. The smallest absolute Gasteiger partial charge is 0.381 e. The molecule has 138 valence electrons. The van der Waals surface area contributed by atoms with Gasteiger partial charge < -0.3 is 4.74 Å². The van der Waals surface area contributed by atoms with Gasteiger partial charge in [-0.25, -0.2) is 14.7 Å². The molecular formula is C15H18F3N3O3S. The number of halogens is 3. The zero-order valence-electron chi connectivity index (χ0n) is 13.4. The Hall–Kier alpha value is -1.58. The molecule has 1 spiro atoms. The summed E-state index contributed by atoms with van der Waals surface area (Å²) in [4.78, 5) is 22.5. The number of thioether (sulfide) groups is 1. The first-order chi connectivity index (χ1) is 11.8. The third-order valence-corrected chi connectivity index (χ3v) is 6.39. The summed E-state index contributed by atoms with van der Waals surface area (Å²) in [5.41, 5.74) is 0.144. The lowest BCUT2D eigenvalue weighted by molar-refractivity contribution is -0.193. The summed E-state index contributed by atoms with van der Waals surface area (Å²) in [5.74, 6) is -3.97. The fraction of sp³-hybridized carbons (Fsp3) is 0.733. The molecule has 0 aliphatic heterocycles. The monoisotopic (exact) mass is 377 g/mol. The van der Waals surface area contributed by atoms with E-state index in [0.29, 0.717) is 5.41 Å². The Balaban J connectivity index is 1.59. The van der Waals surface area contributed by atoms with Crippen LogP contribution in [-0.4, -0.2) is 38.8 Å². The number of hydrogen-bond donors (Lipinski definition) is 1. The summed E-state index contributed by atoms with van der Waals surface area (Å²) in [6.45, 7) is 0. The van der Waals surface area contributed by atoms with Crippen molar-refractivity contribution in [3.05, 3.63) is 5.69 Å². The zero-order chi connectivity index (χ0) is 18.1. The quantitative estimate of drug-likeness (QED) is 0.639. The van der Waals surface area contributed by atoms with Gasteiger partial charge in [0.2, 0.25) is 0 Å². The van der Waals surface area contributed by atoms with Gasteiger partial charge in [0.15, 0.2) is 10.7 Å². The predicted molar refractivity (Wildman–Crippen MR) is 81.9 cm³/mol. The molecular weight excluding hydrogens is 359 g/mol. The molecule has 0 amide bonds. The van der Waals surface area contributed by atoms with E-state index < -0.39 is 18.1 Å². The first kappa shape index (κ1) is 18.2. The number of hydrogen-bond acceptors (Lipinski definition) is 6. The molecule has 0 aromatic carbocycles. The maximum atomic E-state index is 12.2. The molecule has 3 rings (SSSR count). The molecule has 0 radical (unpaired) electrons. The Morgan fingerprint density at radius 1 is 1.16 bits per heavy atom. The number of H-pyrrole nitrogens is 1. The Morgan fingerprint density at radius 2 is 1.80 bits per heavy atom. The van der Waals surface area contributed by atoms with E-state index in [2.05, 4.69) is 20.1 Å². The van der Waals surface area contributed by atoms with E-state index in [1.54, 1.807) is 0 Å². The lowest BCUT2D eigenvalue weighted by atomic mass is 9.73. The third kappa shape index (κ3) is 4.16. The second kappa shape index (κ2) is 6.97. The number of alkyl halides is 3. The van der Waals surface area contributed by atoms with E-state index in [4.69, 9.17) is 0 Å². The molecule has 0 saturated heterocycles. The van der Waals surface area contributed by atoms with Crippen molar-refractivity contribution in [2.45, 2.75) is 67.8 Å². The second-order valence-electron chi connectivity index (χ2n) is 6.69. The van der Waals surface area contributed by atoms with Gasteiger partial charge in [-0.2, -0.15) is 13.2 Å². The highest BCUT2D eigenvalue weighted by Crippen LogP contribution is 2.51. The van der Waals surface area contributed by atoms with Crippen molar-refractivity contribution >= 4 is 23.7 Å². The lowest BCUT2D eigenvalue weighted by Crippen LogP contribution is -2.28. The average molecular weight is 377 g/mol. The van der Waals surface area contributed by atoms with Crippen molar-refractivity contribution in [2.75, 3.05) is 0 Å². The van der Waals surface area contributed by atoms with Gasteiger partial charge in [0.05, 0.1) is 0 Å². The molecule has 0 atom stereocenters. The molecule has 1 heterocycles. The summed E-state index contributed by atoms with van der Waals surface area (Å²) in [6.07, 6.45) is 4.05. The van der Waals surface area contributed by atoms with E-state index in [1.165, 1.54) is 37.4 Å². The lowest BCUT2D eigenvalue weighted by Gasteiger charge is -2.36. The first-order valence-electron chi connectivity index (χ1n) is 8.20. The van der Waals surface area contributed by atoms with Crippen molar-refractivity contribution in [2.24, 2.45) is 5.41 Å². The number of nitrogens with zero attached hydrogens (tertiary/aromatic N) is 2. The van der Waals surface area contributed by atoms with E-state index in [-0.39, 0.29) is 16.0 Å². The summed E-state index contributed by atoms with van der Waals surface area (Å²) in [7, 11) is 0. The van der Waals surface area contributed by atoms with Crippen LogP contribution in [0.5, 0.6) is 0 Å². The number of aromatic nitrogens is 3. The molecule has 1 aromatic heterocycles. The van der Waals surface area contributed by atoms with Gasteiger partial charge in [-0.05, 0) is 43.9 Å². The van der Waals surface area contributed by atoms with Gasteiger partial charge in [0, 0.05) is 5.25 Å². The normalized spacial score (nSPS) is 20.8. The van der Waals surface area contributed by atoms with Gasteiger partial charge in [-0.3, -0.25) is 0 Å². The highest BCUT2D eigenvalue weighted by molar-refractivity contribution is 7.99. The van der Waals surface area contributed by atoms with E-state index >= 15 is 0 Å². The molecule has 2 saturated carbocycles. The van der Waals surface area contributed by atoms with Crippen LogP contribution in [0, 0.1) is 5.41 Å². The Bertz CT molecular complexity index is 646. The summed E-state index contributed by atoms with van der Waals surface area (Å²) in [6, 6.07) is 0. The van der Waals surface area contributed by atoms with E-state index in [0.717, 1.165) is 25.7 Å². The molecule has 2 aliphatic rings. The molecule has 1 aromatic rings. The number of nitrogens with one attached hydrogen (secondary N) is 1. The van der Waals surface area contributed by atoms with Gasteiger partial charge in [0.1, 0.15) is 0 Å². The van der Waals surface area contributed by atoms with Crippen LogP contribution < -0.4 is 0 Å². The van der Waals surface area contributed by atoms with Crippen LogP contribution in [0.1, 0.15) is 61.9 Å². The van der Waals surface area contributed by atoms with Crippen LogP contribution in [0.4, 0.5) is 13.2 Å². The number of carbonyl (C=O) groups excluding carboxylic acids is 2. The van der Waals surface area contributed by atoms with Gasteiger partial charge >= 0.3 is 18.1 Å². The van der Waals surface area contributed by atoms with Crippen molar-refractivity contribution in [3.8, 4) is 0 Å². The summed E-state index contributed by atoms with van der Waals surface area (Å²) < 4.78 is 40.4. The first-order valence-corrected chi connectivity index (χ1v) is 9.08. The Kier molecular flexibility index (Phi) is 5.08. The molecule has 0 bridgehead atoms. The van der Waals surface area contributed by atoms with Crippen molar-refractivity contribution < 1.29 is 27.5 Å². The zero-order valence-corrected chi connectivity index (χ0v) is 14.2. The molecule has 2 aliphatic carbocycles. The molecule has 10 heteroatoms. The third-order valence-electron chi connectivity index (χ3n) is 5.07.